The van der Waals surface area contributed by atoms with E-state index < -0.39 is 0 Å². The van der Waals surface area contributed by atoms with Crippen LogP contribution in [-0.4, -0.2) is 25.6 Å². The summed E-state index contributed by atoms with van der Waals surface area (Å²) in [5.74, 6) is 1.84. The molecule has 5 heteroatoms. The van der Waals surface area contributed by atoms with Crippen LogP contribution in [0.25, 0.3) is 0 Å². The summed E-state index contributed by atoms with van der Waals surface area (Å²) in [5.41, 5.74) is 1.92. The maximum Gasteiger partial charge on any atom is 0.224 e. The molecule has 1 fully saturated rings. The van der Waals surface area contributed by atoms with E-state index in [9.17, 15) is 4.79 Å². The quantitative estimate of drug-likeness (QED) is 0.772. The van der Waals surface area contributed by atoms with Crippen molar-refractivity contribution in [1.82, 2.24) is 5.32 Å². The first-order chi connectivity index (χ1) is 11.1. The SMILES string of the molecule is CCCOc1cc(C)ccc1NC(=O)CC(C)C1CCCNC1.Cl. The normalized spacial score (nSPS) is 18.4. The molecule has 136 valence electrons. The number of amides is 1. The van der Waals surface area contributed by atoms with E-state index in [0.29, 0.717) is 24.9 Å². The van der Waals surface area contributed by atoms with Gasteiger partial charge in [0.25, 0.3) is 0 Å². The van der Waals surface area contributed by atoms with Gasteiger partial charge in [-0.2, -0.15) is 0 Å². The third-order valence-electron chi connectivity index (χ3n) is 4.52. The lowest BCUT2D eigenvalue weighted by Gasteiger charge is -2.28. The Bertz CT molecular complexity index is 516. The first-order valence-corrected chi connectivity index (χ1v) is 8.84. The Morgan fingerprint density at radius 2 is 2.25 bits per heavy atom. The molecule has 24 heavy (non-hydrogen) atoms. The molecule has 0 spiro atoms. The van der Waals surface area contributed by atoms with Gasteiger partial charge in [-0.3, -0.25) is 4.79 Å². The van der Waals surface area contributed by atoms with Crippen LogP contribution >= 0.6 is 12.4 Å². The van der Waals surface area contributed by atoms with Crippen molar-refractivity contribution in [2.75, 3.05) is 25.0 Å². The van der Waals surface area contributed by atoms with Crippen LogP contribution < -0.4 is 15.4 Å². The minimum atomic E-state index is 0. The standard InChI is InChI=1S/C19H30N2O2.ClH/c1-4-10-23-18-11-14(2)7-8-17(18)21-19(22)12-15(3)16-6-5-9-20-13-16;/h7-8,11,15-16,20H,4-6,9-10,12-13H2,1-3H3,(H,21,22);1H. The Morgan fingerprint density at radius 1 is 1.46 bits per heavy atom. The number of benzene rings is 1. The molecule has 2 unspecified atom stereocenters. The van der Waals surface area contributed by atoms with E-state index in [2.05, 4.69) is 24.5 Å². The Hall–Kier alpha value is -1.26. The van der Waals surface area contributed by atoms with Gasteiger partial charge >= 0.3 is 0 Å². The number of halogens is 1. The predicted molar refractivity (Wildman–Crippen MR) is 102 cm³/mol. The van der Waals surface area contributed by atoms with Crippen LogP contribution in [0.3, 0.4) is 0 Å². The van der Waals surface area contributed by atoms with E-state index in [0.717, 1.165) is 36.5 Å². The zero-order valence-electron chi connectivity index (χ0n) is 15.1. The Balaban J connectivity index is 0.00000288. The van der Waals surface area contributed by atoms with Crippen molar-refractivity contribution in [3.63, 3.8) is 0 Å². The fraction of sp³-hybridized carbons (Fsp3) is 0.632. The second-order valence-electron chi connectivity index (χ2n) is 6.68. The molecule has 0 bridgehead atoms. The molecule has 1 heterocycles. The fourth-order valence-electron chi connectivity index (χ4n) is 3.09. The predicted octanol–water partition coefficient (Wildman–Crippen LogP) is 4.17. The molecule has 0 aliphatic carbocycles. The van der Waals surface area contributed by atoms with Gasteiger partial charge in [0, 0.05) is 6.42 Å². The van der Waals surface area contributed by atoms with E-state index in [4.69, 9.17) is 4.74 Å². The largest absolute Gasteiger partial charge is 0.491 e. The summed E-state index contributed by atoms with van der Waals surface area (Å²) in [6.45, 7) is 9.09. The van der Waals surface area contributed by atoms with Gasteiger partial charge in [-0.25, -0.2) is 0 Å². The van der Waals surface area contributed by atoms with Crippen LogP contribution in [0, 0.1) is 18.8 Å². The lowest BCUT2D eigenvalue weighted by molar-refractivity contribution is -0.117. The van der Waals surface area contributed by atoms with E-state index in [1.54, 1.807) is 0 Å². The number of nitrogens with one attached hydrogen (secondary N) is 2. The summed E-state index contributed by atoms with van der Waals surface area (Å²) in [7, 11) is 0. The molecule has 1 aliphatic heterocycles. The number of ether oxygens (including phenoxy) is 1. The molecule has 0 aromatic heterocycles. The van der Waals surface area contributed by atoms with Gasteiger partial charge < -0.3 is 15.4 Å². The van der Waals surface area contributed by atoms with Gasteiger partial charge in [0.1, 0.15) is 5.75 Å². The van der Waals surface area contributed by atoms with Crippen LogP contribution in [0.15, 0.2) is 18.2 Å². The summed E-state index contributed by atoms with van der Waals surface area (Å²) < 4.78 is 5.76. The van der Waals surface area contributed by atoms with Crippen molar-refractivity contribution in [3.05, 3.63) is 23.8 Å². The van der Waals surface area contributed by atoms with Gasteiger partial charge in [0.05, 0.1) is 12.3 Å². The summed E-state index contributed by atoms with van der Waals surface area (Å²) in [6, 6.07) is 5.92. The second-order valence-corrected chi connectivity index (χ2v) is 6.68. The molecule has 1 aliphatic rings. The number of hydrogen-bond acceptors (Lipinski definition) is 3. The molecule has 1 aromatic rings. The smallest absolute Gasteiger partial charge is 0.224 e. The van der Waals surface area contributed by atoms with Crippen molar-refractivity contribution < 1.29 is 9.53 Å². The number of carbonyl (C=O) groups is 1. The van der Waals surface area contributed by atoms with Crippen molar-refractivity contribution in [2.24, 2.45) is 11.8 Å². The minimum absolute atomic E-state index is 0. The van der Waals surface area contributed by atoms with Gasteiger partial charge in [-0.05, 0) is 68.8 Å². The van der Waals surface area contributed by atoms with Crippen LogP contribution in [0.5, 0.6) is 5.75 Å². The summed E-state index contributed by atoms with van der Waals surface area (Å²) in [4.78, 5) is 12.4. The molecule has 1 aromatic carbocycles. The van der Waals surface area contributed by atoms with Gasteiger partial charge in [-0.1, -0.05) is 19.9 Å². The highest BCUT2D eigenvalue weighted by molar-refractivity contribution is 5.92. The van der Waals surface area contributed by atoms with Crippen LogP contribution in [0.1, 0.15) is 45.1 Å². The molecular weight excluding hydrogens is 324 g/mol. The van der Waals surface area contributed by atoms with E-state index in [1.165, 1.54) is 12.8 Å². The number of hydrogen-bond donors (Lipinski definition) is 2. The maximum absolute atomic E-state index is 12.4. The molecular formula is C19H31ClN2O2. The molecule has 0 saturated carbocycles. The second kappa shape index (κ2) is 10.6. The highest BCUT2D eigenvalue weighted by atomic mass is 35.5. The van der Waals surface area contributed by atoms with Crippen LogP contribution in [0.4, 0.5) is 5.69 Å². The minimum Gasteiger partial charge on any atom is -0.491 e. The van der Waals surface area contributed by atoms with Crippen molar-refractivity contribution in [3.8, 4) is 5.75 Å². The van der Waals surface area contributed by atoms with Gasteiger partial charge in [0.15, 0.2) is 0 Å². The molecule has 1 saturated heterocycles. The average molecular weight is 355 g/mol. The monoisotopic (exact) mass is 354 g/mol. The third-order valence-corrected chi connectivity index (χ3v) is 4.52. The summed E-state index contributed by atoms with van der Waals surface area (Å²) in [6.07, 6.45) is 3.95. The van der Waals surface area contributed by atoms with E-state index in [1.807, 2.05) is 25.1 Å². The van der Waals surface area contributed by atoms with Crippen LogP contribution in [-0.2, 0) is 4.79 Å². The Morgan fingerprint density at radius 3 is 2.92 bits per heavy atom. The summed E-state index contributed by atoms with van der Waals surface area (Å²) >= 11 is 0. The first-order valence-electron chi connectivity index (χ1n) is 8.84. The zero-order chi connectivity index (χ0) is 16.7. The highest BCUT2D eigenvalue weighted by Crippen LogP contribution is 2.27. The fourth-order valence-corrected chi connectivity index (χ4v) is 3.09. The van der Waals surface area contributed by atoms with E-state index in [-0.39, 0.29) is 18.3 Å². The van der Waals surface area contributed by atoms with Crippen molar-refractivity contribution in [1.29, 1.82) is 0 Å². The van der Waals surface area contributed by atoms with Crippen molar-refractivity contribution in [2.45, 2.75) is 46.5 Å². The van der Waals surface area contributed by atoms with Crippen molar-refractivity contribution >= 4 is 24.0 Å². The topological polar surface area (TPSA) is 50.4 Å². The maximum atomic E-state index is 12.4. The Labute approximate surface area is 152 Å². The molecule has 1 amide bonds. The molecule has 2 N–H and O–H groups in total. The third kappa shape index (κ3) is 6.33. The van der Waals surface area contributed by atoms with Crippen LogP contribution in [0.2, 0.25) is 0 Å². The van der Waals surface area contributed by atoms with Gasteiger partial charge in [0.2, 0.25) is 5.91 Å². The number of carbonyl (C=O) groups excluding carboxylic acids is 1. The number of anilines is 1. The lowest BCUT2D eigenvalue weighted by atomic mass is 9.85. The zero-order valence-corrected chi connectivity index (χ0v) is 15.9. The van der Waals surface area contributed by atoms with Gasteiger partial charge in [-0.15, -0.1) is 12.4 Å². The molecule has 2 rings (SSSR count). The molecule has 0 radical (unpaired) electrons. The number of rotatable bonds is 7. The Kier molecular flexibility index (Phi) is 9.16. The average Bonchev–Trinajstić information content (AvgIpc) is 2.55. The number of piperidine rings is 1. The number of aryl methyl sites for hydroxylation is 1. The lowest BCUT2D eigenvalue weighted by Crippen LogP contribution is -2.34. The van der Waals surface area contributed by atoms with E-state index >= 15 is 0 Å². The summed E-state index contributed by atoms with van der Waals surface area (Å²) in [5, 5.41) is 6.46. The molecule has 4 nitrogen and oxygen atoms in total. The molecule has 2 atom stereocenters. The highest BCUT2D eigenvalue weighted by Gasteiger charge is 2.22. The first kappa shape index (κ1) is 20.8.